The van der Waals surface area contributed by atoms with E-state index >= 15 is 0 Å². The van der Waals surface area contributed by atoms with Crippen molar-refractivity contribution < 1.29 is 14.6 Å². The fourth-order valence-electron chi connectivity index (χ4n) is 1.49. The Bertz CT molecular complexity index is 294. The number of hydrogen-bond acceptors (Lipinski definition) is 5. The number of aliphatic hydroxyl groups excluding tert-OH is 1. The minimum absolute atomic E-state index is 0.0743. The van der Waals surface area contributed by atoms with Crippen molar-refractivity contribution in [3.63, 3.8) is 0 Å². The van der Waals surface area contributed by atoms with Gasteiger partial charge in [0.1, 0.15) is 5.60 Å². The van der Waals surface area contributed by atoms with Gasteiger partial charge in [0.25, 0.3) is 0 Å². The molecule has 0 saturated carbocycles. The zero-order chi connectivity index (χ0) is 14.7. The van der Waals surface area contributed by atoms with Gasteiger partial charge in [-0.1, -0.05) is 0 Å². The van der Waals surface area contributed by atoms with Crippen molar-refractivity contribution in [2.45, 2.75) is 39.2 Å². The number of nitrogens with zero attached hydrogens (tertiary/aromatic N) is 2. The molecule has 19 heavy (non-hydrogen) atoms. The van der Waals surface area contributed by atoms with Crippen molar-refractivity contribution in [3.05, 3.63) is 0 Å². The molecule has 110 valence electrons. The second-order valence-corrected chi connectivity index (χ2v) is 5.26. The number of alkyl carbamates (subject to hydrolysis) is 1. The van der Waals surface area contributed by atoms with Crippen LogP contribution in [0.25, 0.3) is 0 Å². The monoisotopic (exact) mass is 271 g/mol. The van der Waals surface area contributed by atoms with Crippen molar-refractivity contribution in [3.8, 4) is 6.07 Å². The first-order valence-electron chi connectivity index (χ1n) is 6.56. The maximum Gasteiger partial charge on any atom is 0.407 e. The number of hydrogen-bond donors (Lipinski definition) is 2. The number of amides is 1. The zero-order valence-corrected chi connectivity index (χ0v) is 12.1. The molecule has 0 atom stereocenters. The smallest absolute Gasteiger partial charge is 0.407 e. The lowest BCUT2D eigenvalue weighted by atomic mass is 10.2. The molecular weight excluding hydrogens is 246 g/mol. The predicted octanol–water partition coefficient (Wildman–Crippen LogP) is 1.11. The molecule has 1 amide bonds. The van der Waals surface area contributed by atoms with Crippen LogP contribution in [0.1, 0.15) is 33.6 Å². The third-order valence-corrected chi connectivity index (χ3v) is 2.28. The molecular formula is C13H25N3O3. The molecule has 0 bridgehead atoms. The SMILES string of the molecule is CC(C)(C)OC(=O)NCCCN(CCO)CCC#N. The quantitative estimate of drug-likeness (QED) is 0.646. The van der Waals surface area contributed by atoms with Crippen molar-refractivity contribution in [1.82, 2.24) is 10.2 Å². The van der Waals surface area contributed by atoms with Gasteiger partial charge in [0.05, 0.1) is 12.7 Å². The highest BCUT2D eigenvalue weighted by atomic mass is 16.6. The first kappa shape index (κ1) is 17.7. The van der Waals surface area contributed by atoms with Gasteiger partial charge in [-0.2, -0.15) is 5.26 Å². The molecule has 6 nitrogen and oxygen atoms in total. The molecule has 0 aliphatic rings. The normalized spacial score (nSPS) is 11.2. The fourth-order valence-corrected chi connectivity index (χ4v) is 1.49. The van der Waals surface area contributed by atoms with E-state index in [2.05, 4.69) is 11.4 Å². The Kier molecular flexibility index (Phi) is 8.92. The van der Waals surface area contributed by atoms with Gasteiger partial charge in [-0.05, 0) is 33.7 Å². The molecule has 0 radical (unpaired) electrons. The van der Waals surface area contributed by atoms with Gasteiger partial charge in [0, 0.05) is 26.1 Å². The van der Waals surface area contributed by atoms with Gasteiger partial charge in [-0.25, -0.2) is 4.79 Å². The van der Waals surface area contributed by atoms with Crippen LogP contribution in [0.5, 0.6) is 0 Å². The zero-order valence-electron chi connectivity index (χ0n) is 12.1. The van der Waals surface area contributed by atoms with E-state index in [1.54, 1.807) is 0 Å². The molecule has 0 unspecified atom stereocenters. The number of carbonyl (C=O) groups excluding carboxylic acids is 1. The van der Waals surface area contributed by atoms with E-state index in [0.29, 0.717) is 26.1 Å². The van der Waals surface area contributed by atoms with Crippen molar-refractivity contribution in [1.29, 1.82) is 5.26 Å². The summed E-state index contributed by atoms with van der Waals surface area (Å²) in [5.41, 5.74) is -0.486. The average Bonchev–Trinajstić information content (AvgIpc) is 2.29. The van der Waals surface area contributed by atoms with Gasteiger partial charge in [0.2, 0.25) is 0 Å². The van der Waals surface area contributed by atoms with E-state index in [1.807, 2.05) is 25.7 Å². The molecule has 2 N–H and O–H groups in total. The van der Waals surface area contributed by atoms with Crippen molar-refractivity contribution in [2.24, 2.45) is 0 Å². The molecule has 6 heteroatoms. The molecule has 0 spiro atoms. The van der Waals surface area contributed by atoms with Gasteiger partial charge >= 0.3 is 6.09 Å². The van der Waals surface area contributed by atoms with Crippen LogP contribution < -0.4 is 5.32 Å². The summed E-state index contributed by atoms with van der Waals surface area (Å²) in [4.78, 5) is 13.4. The van der Waals surface area contributed by atoms with Gasteiger partial charge < -0.3 is 15.2 Å². The standard InChI is InChI=1S/C13H25N3O3/c1-13(2,3)19-12(18)15-7-5-9-16(10-11-17)8-4-6-14/h17H,4-5,7-11H2,1-3H3,(H,15,18). The molecule has 0 fully saturated rings. The van der Waals surface area contributed by atoms with Crippen molar-refractivity contribution >= 4 is 6.09 Å². The fraction of sp³-hybridized carbons (Fsp3) is 0.846. The average molecular weight is 271 g/mol. The molecule has 0 aliphatic carbocycles. The highest BCUT2D eigenvalue weighted by Crippen LogP contribution is 2.06. The molecule has 0 saturated heterocycles. The van der Waals surface area contributed by atoms with Crippen LogP contribution in [0, 0.1) is 11.3 Å². The molecule has 0 aromatic rings. The largest absolute Gasteiger partial charge is 0.444 e. The highest BCUT2D eigenvalue weighted by Gasteiger charge is 2.15. The van der Waals surface area contributed by atoms with Crippen LogP contribution in [0.2, 0.25) is 0 Å². The van der Waals surface area contributed by atoms with Crippen LogP contribution in [0.4, 0.5) is 4.79 Å². The Balaban J connectivity index is 3.75. The van der Waals surface area contributed by atoms with Crippen LogP contribution >= 0.6 is 0 Å². The van der Waals surface area contributed by atoms with E-state index in [4.69, 9.17) is 15.1 Å². The van der Waals surface area contributed by atoms with Gasteiger partial charge in [0.15, 0.2) is 0 Å². The van der Waals surface area contributed by atoms with E-state index in [-0.39, 0.29) is 6.61 Å². The maximum absolute atomic E-state index is 11.4. The first-order chi connectivity index (χ1) is 8.89. The highest BCUT2D eigenvalue weighted by molar-refractivity contribution is 5.67. The number of nitriles is 1. The summed E-state index contributed by atoms with van der Waals surface area (Å²) in [5.74, 6) is 0. The predicted molar refractivity (Wildman–Crippen MR) is 72.6 cm³/mol. The summed E-state index contributed by atoms with van der Waals surface area (Å²) in [6.45, 7) is 7.97. The third-order valence-electron chi connectivity index (χ3n) is 2.28. The van der Waals surface area contributed by atoms with Crippen LogP contribution in [-0.2, 0) is 4.74 Å². The first-order valence-corrected chi connectivity index (χ1v) is 6.56. The van der Waals surface area contributed by atoms with Crippen LogP contribution in [0.3, 0.4) is 0 Å². The molecule has 0 rings (SSSR count). The second kappa shape index (κ2) is 9.59. The Labute approximate surface area is 115 Å². The van der Waals surface area contributed by atoms with E-state index < -0.39 is 11.7 Å². The molecule has 0 aromatic heterocycles. The Morgan fingerprint density at radius 2 is 2.05 bits per heavy atom. The summed E-state index contributed by atoms with van der Waals surface area (Å²) >= 11 is 0. The number of carbonyl (C=O) groups is 1. The minimum atomic E-state index is -0.486. The number of rotatable bonds is 8. The van der Waals surface area contributed by atoms with Crippen LogP contribution in [-0.4, -0.2) is 54.5 Å². The van der Waals surface area contributed by atoms with Gasteiger partial charge in [-0.3, -0.25) is 4.90 Å². The topological polar surface area (TPSA) is 85.6 Å². The molecule has 0 aromatic carbocycles. The Morgan fingerprint density at radius 1 is 1.37 bits per heavy atom. The number of aliphatic hydroxyl groups is 1. The van der Waals surface area contributed by atoms with Gasteiger partial charge in [-0.15, -0.1) is 0 Å². The summed E-state index contributed by atoms with van der Waals surface area (Å²) < 4.78 is 5.11. The lowest BCUT2D eigenvalue weighted by Crippen LogP contribution is -2.35. The summed E-state index contributed by atoms with van der Waals surface area (Å²) in [5, 5.41) is 20.1. The maximum atomic E-state index is 11.4. The summed E-state index contributed by atoms with van der Waals surface area (Å²) in [6, 6.07) is 2.08. The summed E-state index contributed by atoms with van der Waals surface area (Å²) in [7, 11) is 0. The molecule has 0 heterocycles. The summed E-state index contributed by atoms with van der Waals surface area (Å²) in [6.07, 6.45) is 0.780. The third kappa shape index (κ3) is 11.5. The molecule has 0 aliphatic heterocycles. The van der Waals surface area contributed by atoms with Crippen LogP contribution in [0.15, 0.2) is 0 Å². The number of nitrogens with one attached hydrogen (secondary N) is 1. The Hall–Kier alpha value is -1.32. The Morgan fingerprint density at radius 3 is 2.58 bits per heavy atom. The second-order valence-electron chi connectivity index (χ2n) is 5.26. The van der Waals surface area contributed by atoms with E-state index in [9.17, 15) is 4.79 Å². The van der Waals surface area contributed by atoms with E-state index in [0.717, 1.165) is 13.0 Å². The number of ether oxygens (including phenoxy) is 1. The minimum Gasteiger partial charge on any atom is -0.444 e. The lowest BCUT2D eigenvalue weighted by Gasteiger charge is -2.21. The lowest BCUT2D eigenvalue weighted by molar-refractivity contribution is 0.0525. The van der Waals surface area contributed by atoms with E-state index in [1.165, 1.54) is 0 Å². The van der Waals surface area contributed by atoms with Crippen molar-refractivity contribution in [2.75, 3.05) is 32.8 Å².